The van der Waals surface area contributed by atoms with E-state index in [1.54, 1.807) is 18.2 Å². The van der Waals surface area contributed by atoms with Crippen LogP contribution in [-0.2, 0) is 6.54 Å². The highest BCUT2D eigenvalue weighted by atomic mass is 19.3. The molecular formula is C15H17F2N3O3. The summed E-state index contributed by atoms with van der Waals surface area (Å²) < 4.78 is 34.6. The van der Waals surface area contributed by atoms with Crippen LogP contribution in [0.25, 0.3) is 11.4 Å². The van der Waals surface area contributed by atoms with Gasteiger partial charge in [0.05, 0.1) is 18.2 Å². The Labute approximate surface area is 131 Å². The van der Waals surface area contributed by atoms with Crippen LogP contribution < -0.4 is 4.74 Å². The lowest BCUT2D eigenvalue weighted by Crippen LogP contribution is -2.37. The molecule has 0 aliphatic carbocycles. The minimum atomic E-state index is -2.92. The number of likely N-dealkylation sites (tertiary alicyclic amines) is 1. The highest BCUT2D eigenvalue weighted by Gasteiger charge is 2.21. The van der Waals surface area contributed by atoms with Gasteiger partial charge in [0.2, 0.25) is 11.7 Å². The van der Waals surface area contributed by atoms with Crippen molar-refractivity contribution in [3.05, 3.63) is 30.2 Å². The van der Waals surface area contributed by atoms with Crippen molar-refractivity contribution in [1.29, 1.82) is 0 Å². The minimum Gasteiger partial charge on any atom is -0.434 e. The first kappa shape index (κ1) is 15.8. The number of para-hydroxylation sites is 1. The Bertz CT molecular complexity index is 650. The second-order valence-electron chi connectivity index (χ2n) is 5.42. The molecule has 3 rings (SSSR count). The summed E-state index contributed by atoms with van der Waals surface area (Å²) in [4.78, 5) is 6.26. The molecule has 1 unspecified atom stereocenters. The molecule has 1 atom stereocenters. The van der Waals surface area contributed by atoms with Crippen molar-refractivity contribution in [1.82, 2.24) is 15.0 Å². The Morgan fingerprint density at radius 1 is 1.39 bits per heavy atom. The molecule has 23 heavy (non-hydrogen) atoms. The van der Waals surface area contributed by atoms with Crippen molar-refractivity contribution < 1.29 is 23.1 Å². The van der Waals surface area contributed by atoms with Crippen LogP contribution in [0.15, 0.2) is 28.8 Å². The lowest BCUT2D eigenvalue weighted by Gasteiger charge is -2.28. The number of rotatable bonds is 5. The number of ether oxygens (including phenoxy) is 1. The number of alkyl halides is 2. The molecule has 1 N–H and O–H groups in total. The second-order valence-corrected chi connectivity index (χ2v) is 5.42. The number of β-amino-alcohol motifs (C(OH)–C–C–N with tert-alkyl or cyclic N) is 1. The molecule has 1 aliphatic heterocycles. The molecule has 1 saturated heterocycles. The standard InChI is InChI=1S/C15H17F2N3O3/c16-15(17)22-12-6-2-1-5-11(12)14-18-13(23-19-14)9-20-7-3-4-10(21)8-20/h1-2,5-6,10,15,21H,3-4,7-9H2. The summed E-state index contributed by atoms with van der Waals surface area (Å²) in [6, 6.07) is 6.30. The topological polar surface area (TPSA) is 71.6 Å². The lowest BCUT2D eigenvalue weighted by molar-refractivity contribution is -0.0494. The highest BCUT2D eigenvalue weighted by molar-refractivity contribution is 5.63. The maximum absolute atomic E-state index is 12.5. The third-order valence-corrected chi connectivity index (χ3v) is 3.65. The Hall–Kier alpha value is -2.06. The van der Waals surface area contributed by atoms with Gasteiger partial charge >= 0.3 is 6.61 Å². The Morgan fingerprint density at radius 3 is 3.00 bits per heavy atom. The number of hydrogen-bond acceptors (Lipinski definition) is 6. The number of aliphatic hydroxyl groups excluding tert-OH is 1. The van der Waals surface area contributed by atoms with E-state index in [4.69, 9.17) is 4.52 Å². The van der Waals surface area contributed by atoms with E-state index >= 15 is 0 Å². The summed E-state index contributed by atoms with van der Waals surface area (Å²) in [5, 5.41) is 13.5. The van der Waals surface area contributed by atoms with E-state index in [1.807, 2.05) is 4.90 Å². The zero-order valence-corrected chi connectivity index (χ0v) is 12.4. The Morgan fingerprint density at radius 2 is 2.22 bits per heavy atom. The molecule has 0 amide bonds. The fourth-order valence-electron chi connectivity index (χ4n) is 2.64. The smallest absolute Gasteiger partial charge is 0.387 e. The van der Waals surface area contributed by atoms with Gasteiger partial charge in [-0.3, -0.25) is 4.90 Å². The summed E-state index contributed by atoms with van der Waals surface area (Å²) in [6.45, 7) is -1.10. The first-order chi connectivity index (χ1) is 11.1. The molecule has 0 bridgehead atoms. The van der Waals surface area contributed by atoms with Gasteiger partial charge in [-0.05, 0) is 31.5 Å². The van der Waals surface area contributed by atoms with Gasteiger partial charge in [-0.1, -0.05) is 17.3 Å². The van der Waals surface area contributed by atoms with Crippen LogP contribution in [0.1, 0.15) is 18.7 Å². The SMILES string of the molecule is OC1CCCN(Cc2nc(-c3ccccc3OC(F)F)no2)C1. The van der Waals surface area contributed by atoms with Crippen LogP contribution in [0.4, 0.5) is 8.78 Å². The molecule has 8 heteroatoms. The average Bonchev–Trinajstić information content (AvgIpc) is 2.95. The zero-order valence-electron chi connectivity index (χ0n) is 12.4. The largest absolute Gasteiger partial charge is 0.434 e. The molecule has 2 heterocycles. The van der Waals surface area contributed by atoms with Crippen molar-refractivity contribution in [3.8, 4) is 17.1 Å². The quantitative estimate of drug-likeness (QED) is 0.909. The molecule has 1 aliphatic rings. The Balaban J connectivity index is 1.74. The van der Waals surface area contributed by atoms with Crippen molar-refractivity contribution in [3.63, 3.8) is 0 Å². The average molecular weight is 325 g/mol. The summed E-state index contributed by atoms with van der Waals surface area (Å²) in [6.07, 6.45) is 1.36. The summed E-state index contributed by atoms with van der Waals surface area (Å²) in [5.41, 5.74) is 0.349. The molecule has 2 aromatic rings. The van der Waals surface area contributed by atoms with E-state index in [1.165, 1.54) is 6.07 Å². The van der Waals surface area contributed by atoms with Gasteiger partial charge < -0.3 is 14.4 Å². The molecule has 124 valence electrons. The molecule has 0 radical (unpaired) electrons. The summed E-state index contributed by atoms with van der Waals surface area (Å²) in [7, 11) is 0. The van der Waals surface area contributed by atoms with E-state index in [-0.39, 0.29) is 17.7 Å². The van der Waals surface area contributed by atoms with Gasteiger partial charge in [0.1, 0.15) is 5.75 Å². The number of aromatic nitrogens is 2. The van der Waals surface area contributed by atoms with Gasteiger partial charge in [-0.25, -0.2) is 0 Å². The molecule has 0 spiro atoms. The van der Waals surface area contributed by atoms with Crippen LogP contribution in [0.2, 0.25) is 0 Å². The first-order valence-corrected chi connectivity index (χ1v) is 7.39. The van der Waals surface area contributed by atoms with E-state index in [0.717, 1.165) is 19.4 Å². The number of aliphatic hydroxyl groups is 1. The highest BCUT2D eigenvalue weighted by Crippen LogP contribution is 2.29. The molecular weight excluding hydrogens is 308 g/mol. The van der Waals surface area contributed by atoms with Crippen molar-refractivity contribution >= 4 is 0 Å². The second kappa shape index (κ2) is 7.01. The van der Waals surface area contributed by atoms with Crippen LogP contribution in [-0.4, -0.2) is 46.0 Å². The van der Waals surface area contributed by atoms with Crippen LogP contribution in [0, 0.1) is 0 Å². The van der Waals surface area contributed by atoms with E-state index < -0.39 is 6.61 Å². The molecule has 1 aromatic carbocycles. The first-order valence-electron chi connectivity index (χ1n) is 7.39. The van der Waals surface area contributed by atoms with Gasteiger partial charge in [-0.2, -0.15) is 13.8 Å². The number of hydrogen-bond donors (Lipinski definition) is 1. The predicted molar refractivity (Wildman–Crippen MR) is 76.9 cm³/mol. The maximum Gasteiger partial charge on any atom is 0.387 e. The fraction of sp³-hybridized carbons (Fsp3) is 0.467. The van der Waals surface area contributed by atoms with Crippen molar-refractivity contribution in [2.24, 2.45) is 0 Å². The zero-order chi connectivity index (χ0) is 16.2. The fourth-order valence-corrected chi connectivity index (χ4v) is 2.64. The molecule has 1 aromatic heterocycles. The van der Waals surface area contributed by atoms with E-state index in [0.29, 0.717) is 24.5 Å². The molecule has 0 saturated carbocycles. The maximum atomic E-state index is 12.5. The molecule has 6 nitrogen and oxygen atoms in total. The number of benzene rings is 1. The minimum absolute atomic E-state index is 0.00300. The van der Waals surface area contributed by atoms with Gasteiger partial charge in [0.15, 0.2) is 0 Å². The summed E-state index contributed by atoms with van der Waals surface area (Å²) >= 11 is 0. The van der Waals surface area contributed by atoms with Crippen LogP contribution >= 0.6 is 0 Å². The molecule has 1 fully saturated rings. The predicted octanol–water partition coefficient (Wildman–Crippen LogP) is 2.29. The Kier molecular flexibility index (Phi) is 4.82. The van der Waals surface area contributed by atoms with Gasteiger partial charge in [0, 0.05) is 6.54 Å². The lowest BCUT2D eigenvalue weighted by atomic mass is 10.1. The third kappa shape index (κ3) is 4.02. The van der Waals surface area contributed by atoms with Gasteiger partial charge in [0.25, 0.3) is 0 Å². The number of piperidine rings is 1. The van der Waals surface area contributed by atoms with Crippen molar-refractivity contribution in [2.75, 3.05) is 13.1 Å². The van der Waals surface area contributed by atoms with E-state index in [2.05, 4.69) is 14.9 Å². The van der Waals surface area contributed by atoms with Crippen LogP contribution in [0.5, 0.6) is 5.75 Å². The van der Waals surface area contributed by atoms with Crippen molar-refractivity contribution in [2.45, 2.75) is 32.1 Å². The summed E-state index contributed by atoms with van der Waals surface area (Å²) in [5.74, 6) is 0.581. The van der Waals surface area contributed by atoms with Crippen LogP contribution in [0.3, 0.4) is 0 Å². The number of nitrogens with zero attached hydrogens (tertiary/aromatic N) is 3. The normalized spacial score (nSPS) is 19.2. The van der Waals surface area contributed by atoms with E-state index in [9.17, 15) is 13.9 Å². The monoisotopic (exact) mass is 325 g/mol. The number of halogens is 2. The third-order valence-electron chi connectivity index (χ3n) is 3.65. The van der Waals surface area contributed by atoms with Gasteiger partial charge in [-0.15, -0.1) is 0 Å².